The van der Waals surface area contributed by atoms with Crippen LogP contribution in [0.2, 0.25) is 5.02 Å². The Morgan fingerprint density at radius 1 is 1.30 bits per heavy atom. The number of halogens is 1. The maximum atomic E-state index is 11.0. The molecule has 1 N–H and O–H groups in total. The molecule has 0 atom stereocenters. The Balaban J connectivity index is 1.68. The SMILES string of the molecule is CC(C)Cc1nsc(N2CCC(O)(c3ccccc3Cl)CC2)n1. The van der Waals surface area contributed by atoms with E-state index in [0.29, 0.717) is 23.8 Å². The minimum absolute atomic E-state index is 0.559. The van der Waals surface area contributed by atoms with Crippen LogP contribution < -0.4 is 4.90 Å². The summed E-state index contributed by atoms with van der Waals surface area (Å²) >= 11 is 7.71. The van der Waals surface area contributed by atoms with Crippen LogP contribution in [0, 0.1) is 5.92 Å². The summed E-state index contributed by atoms with van der Waals surface area (Å²) in [6.07, 6.45) is 2.21. The first kappa shape index (κ1) is 16.7. The molecule has 1 aromatic heterocycles. The highest BCUT2D eigenvalue weighted by Crippen LogP contribution is 2.38. The van der Waals surface area contributed by atoms with E-state index in [1.54, 1.807) is 0 Å². The third-order valence-electron chi connectivity index (χ3n) is 4.28. The minimum atomic E-state index is -0.847. The van der Waals surface area contributed by atoms with Gasteiger partial charge in [-0.05, 0) is 24.8 Å². The van der Waals surface area contributed by atoms with Gasteiger partial charge in [0.2, 0.25) is 5.13 Å². The van der Waals surface area contributed by atoms with Gasteiger partial charge in [-0.2, -0.15) is 4.37 Å². The lowest BCUT2D eigenvalue weighted by Gasteiger charge is -2.38. The molecule has 23 heavy (non-hydrogen) atoms. The lowest BCUT2D eigenvalue weighted by Crippen LogP contribution is -2.42. The molecule has 2 aromatic rings. The summed E-state index contributed by atoms with van der Waals surface area (Å²) in [5.41, 5.74) is -0.0145. The van der Waals surface area contributed by atoms with E-state index in [1.165, 1.54) is 11.5 Å². The van der Waals surface area contributed by atoms with Gasteiger partial charge in [0.05, 0.1) is 5.60 Å². The Bertz CT molecular complexity index is 665. The average molecular weight is 352 g/mol. The summed E-state index contributed by atoms with van der Waals surface area (Å²) in [5, 5.41) is 12.6. The van der Waals surface area contributed by atoms with Crippen molar-refractivity contribution in [1.29, 1.82) is 0 Å². The number of aliphatic hydroxyl groups is 1. The van der Waals surface area contributed by atoms with E-state index < -0.39 is 5.60 Å². The van der Waals surface area contributed by atoms with Gasteiger partial charge in [0, 0.05) is 41.6 Å². The lowest BCUT2D eigenvalue weighted by atomic mass is 9.84. The number of nitrogens with zero attached hydrogens (tertiary/aromatic N) is 3. The largest absolute Gasteiger partial charge is 0.385 e. The maximum Gasteiger partial charge on any atom is 0.205 e. The van der Waals surface area contributed by atoms with Crippen molar-refractivity contribution in [3.8, 4) is 0 Å². The standard InChI is InChI=1S/C17H22ClN3OS/c1-12(2)11-15-19-16(23-20-15)21-9-7-17(22,8-10-21)13-5-3-4-6-14(13)18/h3-6,12,22H,7-11H2,1-2H3. The smallest absolute Gasteiger partial charge is 0.205 e. The second kappa shape index (κ2) is 6.75. The molecule has 1 aliphatic rings. The predicted molar refractivity (Wildman–Crippen MR) is 95.2 cm³/mol. The van der Waals surface area contributed by atoms with Crippen LogP contribution >= 0.6 is 23.1 Å². The third-order valence-corrected chi connectivity index (χ3v) is 5.43. The highest BCUT2D eigenvalue weighted by Gasteiger charge is 2.36. The number of aromatic nitrogens is 2. The molecule has 3 rings (SSSR count). The molecule has 0 saturated carbocycles. The van der Waals surface area contributed by atoms with Crippen molar-refractivity contribution in [2.24, 2.45) is 5.92 Å². The van der Waals surface area contributed by atoms with Crippen molar-refractivity contribution in [2.45, 2.75) is 38.7 Å². The zero-order chi connectivity index (χ0) is 16.4. The second-order valence-electron chi connectivity index (χ2n) is 6.59. The third kappa shape index (κ3) is 3.67. The van der Waals surface area contributed by atoms with Crippen LogP contribution in [-0.4, -0.2) is 27.6 Å². The molecule has 0 radical (unpaired) electrons. The highest BCUT2D eigenvalue weighted by molar-refractivity contribution is 7.09. The Hall–Kier alpha value is -1.17. The molecule has 2 heterocycles. The molecule has 1 aliphatic heterocycles. The summed E-state index contributed by atoms with van der Waals surface area (Å²) in [6.45, 7) is 5.87. The van der Waals surface area contributed by atoms with E-state index >= 15 is 0 Å². The van der Waals surface area contributed by atoms with Gasteiger partial charge in [0.15, 0.2) is 0 Å². The van der Waals surface area contributed by atoms with E-state index in [4.69, 9.17) is 11.6 Å². The topological polar surface area (TPSA) is 49.2 Å². The monoisotopic (exact) mass is 351 g/mol. The Labute approximate surface area is 146 Å². The highest BCUT2D eigenvalue weighted by atomic mass is 35.5. The van der Waals surface area contributed by atoms with Gasteiger partial charge in [-0.1, -0.05) is 43.6 Å². The summed E-state index contributed by atoms with van der Waals surface area (Å²) < 4.78 is 4.45. The molecule has 0 unspecified atom stereocenters. The molecule has 1 fully saturated rings. The average Bonchev–Trinajstić information content (AvgIpc) is 2.96. The lowest BCUT2D eigenvalue weighted by molar-refractivity contribution is 0.0119. The minimum Gasteiger partial charge on any atom is -0.385 e. The van der Waals surface area contributed by atoms with Crippen LogP contribution in [-0.2, 0) is 12.0 Å². The first-order valence-electron chi connectivity index (χ1n) is 8.03. The van der Waals surface area contributed by atoms with E-state index in [-0.39, 0.29) is 0 Å². The fraction of sp³-hybridized carbons (Fsp3) is 0.529. The van der Waals surface area contributed by atoms with Crippen molar-refractivity contribution < 1.29 is 5.11 Å². The summed E-state index contributed by atoms with van der Waals surface area (Å²) in [7, 11) is 0. The van der Waals surface area contributed by atoms with Gasteiger partial charge in [-0.15, -0.1) is 0 Å². The molecule has 0 bridgehead atoms. The number of benzene rings is 1. The van der Waals surface area contributed by atoms with Gasteiger partial charge >= 0.3 is 0 Å². The van der Waals surface area contributed by atoms with E-state index in [9.17, 15) is 5.11 Å². The summed E-state index contributed by atoms with van der Waals surface area (Å²) in [6, 6.07) is 7.57. The van der Waals surface area contributed by atoms with Gasteiger partial charge in [-0.25, -0.2) is 4.98 Å². The first-order valence-corrected chi connectivity index (χ1v) is 9.18. The van der Waals surface area contributed by atoms with Crippen molar-refractivity contribution in [3.05, 3.63) is 40.7 Å². The Kier molecular flexibility index (Phi) is 4.90. The van der Waals surface area contributed by atoms with Crippen LogP contribution in [0.5, 0.6) is 0 Å². The molecular formula is C17H22ClN3OS. The van der Waals surface area contributed by atoms with Crippen molar-refractivity contribution >= 4 is 28.3 Å². The van der Waals surface area contributed by atoms with Crippen LogP contribution in [0.25, 0.3) is 0 Å². The van der Waals surface area contributed by atoms with Gasteiger partial charge in [0.25, 0.3) is 0 Å². The number of piperidine rings is 1. The molecule has 1 aromatic carbocycles. The van der Waals surface area contributed by atoms with Crippen molar-refractivity contribution in [1.82, 2.24) is 9.36 Å². The predicted octanol–water partition coefficient (Wildman–Crippen LogP) is 3.88. The van der Waals surface area contributed by atoms with E-state index in [0.717, 1.165) is 36.0 Å². The summed E-state index contributed by atoms with van der Waals surface area (Å²) in [5.74, 6) is 1.48. The fourth-order valence-corrected chi connectivity index (χ4v) is 4.06. The molecular weight excluding hydrogens is 330 g/mol. The zero-order valence-corrected chi connectivity index (χ0v) is 15.1. The van der Waals surface area contributed by atoms with Crippen LogP contribution in [0.15, 0.2) is 24.3 Å². The molecule has 124 valence electrons. The molecule has 4 nitrogen and oxygen atoms in total. The number of anilines is 1. The Morgan fingerprint density at radius 3 is 2.65 bits per heavy atom. The van der Waals surface area contributed by atoms with E-state index in [1.807, 2.05) is 24.3 Å². The van der Waals surface area contributed by atoms with Gasteiger partial charge in [0.1, 0.15) is 5.82 Å². The van der Waals surface area contributed by atoms with Crippen LogP contribution in [0.1, 0.15) is 38.1 Å². The van der Waals surface area contributed by atoms with Crippen LogP contribution in [0.4, 0.5) is 5.13 Å². The molecule has 6 heteroatoms. The summed E-state index contributed by atoms with van der Waals surface area (Å²) in [4.78, 5) is 6.85. The maximum absolute atomic E-state index is 11.0. The normalized spacial score (nSPS) is 17.7. The number of hydrogen-bond acceptors (Lipinski definition) is 5. The molecule has 0 amide bonds. The first-order chi connectivity index (χ1) is 11.0. The van der Waals surface area contributed by atoms with Gasteiger partial charge < -0.3 is 10.0 Å². The fourth-order valence-electron chi connectivity index (χ4n) is 3.00. The number of hydrogen-bond donors (Lipinski definition) is 1. The van der Waals surface area contributed by atoms with E-state index in [2.05, 4.69) is 28.1 Å². The number of rotatable bonds is 4. The van der Waals surface area contributed by atoms with Gasteiger partial charge in [-0.3, -0.25) is 0 Å². The molecule has 0 spiro atoms. The second-order valence-corrected chi connectivity index (χ2v) is 7.73. The zero-order valence-electron chi connectivity index (χ0n) is 13.5. The molecule has 0 aliphatic carbocycles. The molecule has 1 saturated heterocycles. The Morgan fingerprint density at radius 2 is 2.00 bits per heavy atom. The van der Waals surface area contributed by atoms with Crippen molar-refractivity contribution in [2.75, 3.05) is 18.0 Å². The van der Waals surface area contributed by atoms with Crippen LogP contribution in [0.3, 0.4) is 0 Å². The van der Waals surface area contributed by atoms with Crippen molar-refractivity contribution in [3.63, 3.8) is 0 Å². The quantitative estimate of drug-likeness (QED) is 0.908.